The van der Waals surface area contributed by atoms with Crippen LogP contribution in [0.4, 0.5) is 0 Å². The number of aromatic nitrogens is 3. The Kier molecular flexibility index (Phi) is 5.79. The smallest absolute Gasteiger partial charge is 0.188 e. The quantitative estimate of drug-likeness (QED) is 0.454. The van der Waals surface area contributed by atoms with E-state index in [2.05, 4.69) is 45.8 Å². The average Bonchev–Trinajstić information content (AvgIpc) is 2.66. The van der Waals surface area contributed by atoms with Gasteiger partial charge in [-0.25, -0.2) is 0 Å². The van der Waals surface area contributed by atoms with Gasteiger partial charge in [-0.2, -0.15) is 0 Å². The molecule has 1 aromatic rings. The Labute approximate surface area is 137 Å². The minimum absolute atomic E-state index is 0. The first-order valence-corrected chi connectivity index (χ1v) is 6.82. The summed E-state index contributed by atoms with van der Waals surface area (Å²) in [6, 6.07) is 0. The first-order chi connectivity index (χ1) is 8.85. The molecule has 1 aliphatic rings. The largest absolute Gasteiger partial charge is 0.370 e. The molecule has 0 amide bonds. The number of halogens is 1. The summed E-state index contributed by atoms with van der Waals surface area (Å²) in [5.41, 5.74) is 5.85. The molecule has 0 spiro atoms. The molecular weight excluding hydrogens is 367 g/mol. The maximum Gasteiger partial charge on any atom is 0.188 e. The Morgan fingerprint density at radius 3 is 2.80 bits per heavy atom. The van der Waals surface area contributed by atoms with E-state index in [1.807, 2.05) is 6.92 Å². The summed E-state index contributed by atoms with van der Waals surface area (Å²) < 4.78 is 2.19. The molecule has 1 unspecified atom stereocenters. The molecule has 0 fully saturated rings. The van der Waals surface area contributed by atoms with Gasteiger partial charge in [0.25, 0.3) is 0 Å². The van der Waals surface area contributed by atoms with Crippen LogP contribution in [-0.4, -0.2) is 32.8 Å². The van der Waals surface area contributed by atoms with Gasteiger partial charge in [-0.05, 0) is 40.0 Å². The van der Waals surface area contributed by atoms with Crippen LogP contribution in [0.3, 0.4) is 0 Å². The van der Waals surface area contributed by atoms with Gasteiger partial charge in [-0.3, -0.25) is 4.99 Å². The van der Waals surface area contributed by atoms with Crippen LogP contribution in [0, 0.1) is 12.8 Å². The van der Waals surface area contributed by atoms with E-state index in [-0.39, 0.29) is 29.5 Å². The van der Waals surface area contributed by atoms with Gasteiger partial charge in [-0.1, -0.05) is 0 Å². The lowest BCUT2D eigenvalue weighted by atomic mass is 9.99. The van der Waals surface area contributed by atoms with E-state index in [1.165, 1.54) is 0 Å². The summed E-state index contributed by atoms with van der Waals surface area (Å²) in [6.07, 6.45) is 2.08. The van der Waals surface area contributed by atoms with Crippen molar-refractivity contribution in [2.45, 2.75) is 52.6 Å². The van der Waals surface area contributed by atoms with Crippen LogP contribution in [0.15, 0.2) is 4.99 Å². The fourth-order valence-corrected chi connectivity index (χ4v) is 2.33. The van der Waals surface area contributed by atoms with Crippen molar-refractivity contribution in [2.24, 2.45) is 16.6 Å². The number of guanidine groups is 1. The van der Waals surface area contributed by atoms with E-state index >= 15 is 0 Å². The van der Waals surface area contributed by atoms with E-state index in [0.717, 1.165) is 37.6 Å². The van der Waals surface area contributed by atoms with Gasteiger partial charge in [-0.15, -0.1) is 34.2 Å². The lowest BCUT2D eigenvalue weighted by Gasteiger charge is -2.24. The monoisotopic (exact) mass is 392 g/mol. The minimum Gasteiger partial charge on any atom is -0.370 e. The van der Waals surface area contributed by atoms with Crippen molar-refractivity contribution in [3.63, 3.8) is 0 Å². The van der Waals surface area contributed by atoms with Crippen molar-refractivity contribution in [2.75, 3.05) is 6.54 Å². The van der Waals surface area contributed by atoms with E-state index in [9.17, 15) is 0 Å². The minimum atomic E-state index is -0.0435. The van der Waals surface area contributed by atoms with Crippen molar-refractivity contribution < 1.29 is 0 Å². The van der Waals surface area contributed by atoms with E-state index in [4.69, 9.17) is 5.73 Å². The molecule has 2 rings (SSSR count). The topological polar surface area (TPSA) is 81.1 Å². The van der Waals surface area contributed by atoms with Crippen LogP contribution in [0.5, 0.6) is 0 Å². The number of nitrogens with zero attached hydrogens (tertiary/aromatic N) is 4. The lowest BCUT2D eigenvalue weighted by molar-refractivity contribution is 0.369. The van der Waals surface area contributed by atoms with Crippen LogP contribution >= 0.6 is 24.0 Å². The summed E-state index contributed by atoms with van der Waals surface area (Å²) in [5, 5.41) is 11.5. The maximum absolute atomic E-state index is 5.89. The third kappa shape index (κ3) is 4.60. The predicted molar refractivity (Wildman–Crippen MR) is 91.4 cm³/mol. The van der Waals surface area contributed by atoms with Crippen molar-refractivity contribution >= 4 is 29.9 Å². The highest BCUT2D eigenvalue weighted by Crippen LogP contribution is 2.19. The molecule has 0 saturated carbocycles. The van der Waals surface area contributed by atoms with Crippen molar-refractivity contribution in [1.29, 1.82) is 0 Å². The molecule has 114 valence electrons. The first-order valence-electron chi connectivity index (χ1n) is 6.82. The Hall–Kier alpha value is -0.860. The maximum atomic E-state index is 5.89. The molecule has 2 heterocycles. The number of nitrogens with two attached hydrogens (primary N) is 1. The fraction of sp³-hybridized carbons (Fsp3) is 0.769. The fourth-order valence-electron chi connectivity index (χ4n) is 2.33. The molecule has 0 saturated heterocycles. The number of nitrogens with one attached hydrogen (secondary N) is 1. The van der Waals surface area contributed by atoms with Gasteiger partial charge in [0.05, 0.1) is 0 Å². The van der Waals surface area contributed by atoms with Crippen LogP contribution < -0.4 is 11.1 Å². The average molecular weight is 392 g/mol. The number of rotatable bonds is 2. The van der Waals surface area contributed by atoms with Crippen molar-refractivity contribution in [3.8, 4) is 0 Å². The van der Waals surface area contributed by atoms with Crippen LogP contribution in [-0.2, 0) is 13.0 Å². The van der Waals surface area contributed by atoms with Gasteiger partial charge in [0.2, 0.25) is 0 Å². The molecule has 0 bridgehead atoms. The third-order valence-electron chi connectivity index (χ3n) is 3.25. The Balaban J connectivity index is 0.00000200. The number of fused-ring (bicyclic) bond motifs is 1. The van der Waals surface area contributed by atoms with Crippen molar-refractivity contribution in [3.05, 3.63) is 11.6 Å². The van der Waals surface area contributed by atoms with Gasteiger partial charge < -0.3 is 15.6 Å². The molecule has 7 heteroatoms. The Morgan fingerprint density at radius 1 is 1.45 bits per heavy atom. The molecule has 1 aliphatic heterocycles. The second-order valence-electron chi connectivity index (χ2n) is 6.28. The second kappa shape index (κ2) is 6.73. The van der Waals surface area contributed by atoms with E-state index in [0.29, 0.717) is 11.9 Å². The molecule has 0 radical (unpaired) electrons. The zero-order chi connectivity index (χ0) is 14.0. The van der Waals surface area contributed by atoms with Crippen LogP contribution in [0.25, 0.3) is 0 Å². The highest BCUT2D eigenvalue weighted by atomic mass is 127. The summed E-state index contributed by atoms with van der Waals surface area (Å²) in [5.74, 6) is 3.13. The Bertz CT molecular complexity index is 474. The Morgan fingerprint density at radius 2 is 2.15 bits per heavy atom. The number of hydrogen-bond donors (Lipinski definition) is 2. The zero-order valence-corrected chi connectivity index (χ0v) is 15.0. The molecule has 0 aliphatic carbocycles. The van der Waals surface area contributed by atoms with E-state index in [1.54, 1.807) is 0 Å². The summed E-state index contributed by atoms with van der Waals surface area (Å²) in [7, 11) is 0. The van der Waals surface area contributed by atoms with Gasteiger partial charge >= 0.3 is 0 Å². The zero-order valence-electron chi connectivity index (χ0n) is 12.7. The van der Waals surface area contributed by atoms with Gasteiger partial charge in [0.1, 0.15) is 11.6 Å². The molecular formula is C13H25IN6. The van der Waals surface area contributed by atoms with Gasteiger partial charge in [0.15, 0.2) is 5.96 Å². The standard InChI is InChI=1S/C13H24N6.HI/c1-9-17-18-11-6-5-10(8-19(9)11)7-15-12(14)16-13(2,3)4;/h10H,5-8H2,1-4H3,(H3,14,15,16);1H. The SMILES string of the molecule is Cc1nnc2n1CC(CN=C(N)NC(C)(C)C)CC2.I. The summed E-state index contributed by atoms with van der Waals surface area (Å²) in [4.78, 5) is 4.45. The highest BCUT2D eigenvalue weighted by Gasteiger charge is 2.21. The highest BCUT2D eigenvalue weighted by molar-refractivity contribution is 14.0. The molecule has 0 aromatic carbocycles. The molecule has 3 N–H and O–H groups in total. The second-order valence-corrected chi connectivity index (χ2v) is 6.28. The van der Waals surface area contributed by atoms with Crippen molar-refractivity contribution in [1.82, 2.24) is 20.1 Å². The number of aliphatic imine (C=N–C) groups is 1. The lowest BCUT2D eigenvalue weighted by Crippen LogP contribution is -2.45. The first kappa shape index (κ1) is 17.2. The molecule has 20 heavy (non-hydrogen) atoms. The van der Waals surface area contributed by atoms with Gasteiger partial charge in [0, 0.05) is 25.0 Å². The number of aryl methyl sites for hydroxylation is 2. The predicted octanol–water partition coefficient (Wildman–Crippen LogP) is 1.47. The molecule has 1 atom stereocenters. The summed E-state index contributed by atoms with van der Waals surface area (Å²) in [6.45, 7) is 9.92. The van der Waals surface area contributed by atoms with Crippen LogP contribution in [0.1, 0.15) is 38.8 Å². The number of hydrogen-bond acceptors (Lipinski definition) is 3. The molecule has 1 aromatic heterocycles. The molecule has 6 nitrogen and oxygen atoms in total. The normalized spacial score (nSPS) is 19.2. The van der Waals surface area contributed by atoms with E-state index < -0.39 is 0 Å². The van der Waals surface area contributed by atoms with Crippen LogP contribution in [0.2, 0.25) is 0 Å². The summed E-state index contributed by atoms with van der Waals surface area (Å²) >= 11 is 0. The third-order valence-corrected chi connectivity index (χ3v) is 3.25.